The number of likely N-dealkylation sites (tertiary alicyclic amines) is 1. The first-order valence-corrected chi connectivity index (χ1v) is 19.6. The van der Waals surface area contributed by atoms with Gasteiger partial charge in [-0.2, -0.15) is 0 Å². The summed E-state index contributed by atoms with van der Waals surface area (Å²) in [6.45, 7) is 16.7. The fourth-order valence-corrected chi connectivity index (χ4v) is 7.42. The van der Waals surface area contributed by atoms with E-state index < -0.39 is 35.1 Å². The second-order valence-electron chi connectivity index (χ2n) is 16.3. The Kier molecular flexibility index (Phi) is 14.1. The molecule has 0 radical (unpaired) electrons. The van der Waals surface area contributed by atoms with Crippen LogP contribution in [0.3, 0.4) is 0 Å². The lowest BCUT2D eigenvalue weighted by Crippen LogP contribution is -2.57. The van der Waals surface area contributed by atoms with Crippen molar-refractivity contribution in [3.8, 4) is 10.4 Å². The van der Waals surface area contributed by atoms with E-state index in [9.17, 15) is 29.1 Å². The largest absolute Gasteiger partial charge is 0.444 e. The Morgan fingerprint density at radius 1 is 0.925 bits per heavy atom. The molecular weight excluding hydrogens is 697 g/mol. The van der Waals surface area contributed by atoms with Crippen LogP contribution in [0.4, 0.5) is 4.79 Å². The van der Waals surface area contributed by atoms with Gasteiger partial charge < -0.3 is 35.2 Å². The molecule has 2 fully saturated rings. The molecule has 3 N–H and O–H groups in total. The van der Waals surface area contributed by atoms with Gasteiger partial charge in [-0.25, -0.2) is 9.78 Å². The van der Waals surface area contributed by atoms with E-state index in [1.807, 2.05) is 85.2 Å². The summed E-state index contributed by atoms with van der Waals surface area (Å²) in [4.78, 5) is 75.9. The minimum atomic E-state index is -0.906. The van der Waals surface area contributed by atoms with Crippen LogP contribution in [-0.4, -0.2) is 111 Å². The number of rotatable bonds is 12. The van der Waals surface area contributed by atoms with E-state index in [0.29, 0.717) is 51.9 Å². The molecule has 53 heavy (non-hydrogen) atoms. The van der Waals surface area contributed by atoms with Gasteiger partial charge in [-0.3, -0.25) is 19.2 Å². The number of β-amino-alcohol motifs (C(OH)–C–C–N with tert-alkyl or cyclic N) is 1. The van der Waals surface area contributed by atoms with Crippen LogP contribution in [0.25, 0.3) is 10.4 Å². The van der Waals surface area contributed by atoms with Crippen molar-refractivity contribution in [3.63, 3.8) is 0 Å². The number of benzene rings is 1. The number of aliphatic hydroxyl groups excluding tert-OH is 1. The standard InChI is InChI=1S/C39H58N6O7S/c1-25(27-14-16-28(17-15-27)33-26(2)40-24-53-33)41-35(49)30-22-29(46)23-45(30)36(50)34(38(3,4)5)42-31(47)12-10-9-11-13-32(48)43-18-20-44(21-19-43)37(51)52-39(6,7)8/h14-17,24-25,29-30,34,46H,9-13,18-23H2,1-8H3,(H,41,49)(H,42,47)/t25?,29-,30+,34?/m1/s1. The number of amides is 5. The van der Waals surface area contributed by atoms with Crippen molar-refractivity contribution in [2.75, 3.05) is 32.7 Å². The molecule has 5 amide bonds. The lowest BCUT2D eigenvalue weighted by atomic mass is 9.85. The molecule has 0 aliphatic carbocycles. The van der Waals surface area contributed by atoms with Gasteiger partial charge in [0.15, 0.2) is 0 Å². The third-order valence-electron chi connectivity index (χ3n) is 9.64. The van der Waals surface area contributed by atoms with Crippen molar-refractivity contribution in [2.24, 2.45) is 5.41 Å². The Balaban J connectivity index is 1.23. The fraction of sp³-hybridized carbons (Fsp3) is 0.641. The highest BCUT2D eigenvalue weighted by atomic mass is 32.1. The number of thiazole rings is 1. The molecular formula is C39H58N6O7S. The van der Waals surface area contributed by atoms with Crippen molar-refractivity contribution in [1.82, 2.24) is 30.3 Å². The Bertz CT molecular complexity index is 1590. The minimum absolute atomic E-state index is 0.000724. The molecule has 1 aromatic carbocycles. The van der Waals surface area contributed by atoms with Crippen LogP contribution in [0, 0.1) is 12.3 Å². The van der Waals surface area contributed by atoms with Crippen LogP contribution in [0.1, 0.15) is 104 Å². The number of aliphatic hydroxyl groups is 1. The van der Waals surface area contributed by atoms with E-state index >= 15 is 0 Å². The van der Waals surface area contributed by atoms with E-state index in [1.165, 1.54) is 4.90 Å². The molecule has 0 spiro atoms. The molecule has 1 aromatic heterocycles. The Hall–Kier alpha value is -4.04. The first-order valence-electron chi connectivity index (χ1n) is 18.7. The van der Waals surface area contributed by atoms with Gasteiger partial charge in [-0.1, -0.05) is 51.5 Å². The van der Waals surface area contributed by atoms with Gasteiger partial charge in [0, 0.05) is 52.0 Å². The molecule has 2 unspecified atom stereocenters. The van der Waals surface area contributed by atoms with Gasteiger partial charge in [-0.15, -0.1) is 11.3 Å². The summed E-state index contributed by atoms with van der Waals surface area (Å²) in [6.07, 6.45) is 1.26. The van der Waals surface area contributed by atoms with E-state index in [4.69, 9.17) is 4.74 Å². The van der Waals surface area contributed by atoms with Gasteiger partial charge in [0.2, 0.25) is 23.6 Å². The molecule has 13 nitrogen and oxygen atoms in total. The zero-order valence-electron chi connectivity index (χ0n) is 32.6. The number of hydrogen-bond acceptors (Lipinski definition) is 9. The molecule has 4 rings (SSSR count). The van der Waals surface area contributed by atoms with E-state index in [-0.39, 0.29) is 49.2 Å². The molecule has 2 aliphatic rings. The van der Waals surface area contributed by atoms with E-state index in [1.54, 1.807) is 21.1 Å². The van der Waals surface area contributed by atoms with Gasteiger partial charge in [0.25, 0.3) is 0 Å². The number of aromatic nitrogens is 1. The summed E-state index contributed by atoms with van der Waals surface area (Å²) < 4.78 is 5.43. The van der Waals surface area contributed by atoms with Crippen LogP contribution < -0.4 is 10.6 Å². The lowest BCUT2D eigenvalue weighted by Gasteiger charge is -2.35. The second-order valence-corrected chi connectivity index (χ2v) is 17.1. The van der Waals surface area contributed by atoms with E-state index in [2.05, 4.69) is 15.6 Å². The normalized spacial score (nSPS) is 19.1. The Morgan fingerprint density at radius 3 is 2.13 bits per heavy atom. The number of piperazine rings is 1. The number of hydrogen-bond donors (Lipinski definition) is 3. The van der Waals surface area contributed by atoms with Crippen LogP contribution in [-0.2, 0) is 23.9 Å². The summed E-state index contributed by atoms with van der Waals surface area (Å²) in [5.74, 6) is -1.02. The third-order valence-corrected chi connectivity index (χ3v) is 10.6. The van der Waals surface area contributed by atoms with Gasteiger partial charge >= 0.3 is 6.09 Å². The van der Waals surface area contributed by atoms with Crippen LogP contribution in [0.5, 0.6) is 0 Å². The maximum Gasteiger partial charge on any atom is 0.410 e. The number of ether oxygens (including phenoxy) is 1. The molecule has 14 heteroatoms. The van der Waals surface area contributed by atoms with Crippen LogP contribution in [0.2, 0.25) is 0 Å². The quantitative estimate of drug-likeness (QED) is 0.260. The molecule has 0 bridgehead atoms. The first-order chi connectivity index (χ1) is 24.8. The minimum Gasteiger partial charge on any atom is -0.444 e. The van der Waals surface area contributed by atoms with Crippen molar-refractivity contribution >= 4 is 41.1 Å². The van der Waals surface area contributed by atoms with Crippen molar-refractivity contribution in [2.45, 2.75) is 124 Å². The second kappa shape index (κ2) is 17.9. The average Bonchev–Trinajstić information content (AvgIpc) is 3.70. The Morgan fingerprint density at radius 2 is 1.55 bits per heavy atom. The number of carbonyl (C=O) groups is 5. The maximum atomic E-state index is 14.0. The summed E-state index contributed by atoms with van der Waals surface area (Å²) in [5.41, 5.74) is 3.51. The van der Waals surface area contributed by atoms with Crippen molar-refractivity contribution < 1.29 is 33.8 Å². The summed E-state index contributed by atoms with van der Waals surface area (Å²) in [6, 6.07) is 5.82. The summed E-state index contributed by atoms with van der Waals surface area (Å²) in [5, 5.41) is 16.5. The first kappa shape index (κ1) is 41.7. The van der Waals surface area contributed by atoms with Crippen molar-refractivity contribution in [1.29, 1.82) is 0 Å². The van der Waals surface area contributed by atoms with Gasteiger partial charge in [0.1, 0.15) is 17.7 Å². The smallest absolute Gasteiger partial charge is 0.410 e. The van der Waals surface area contributed by atoms with Crippen LogP contribution >= 0.6 is 11.3 Å². The topological polar surface area (TPSA) is 161 Å². The molecule has 3 heterocycles. The number of nitrogens with zero attached hydrogens (tertiary/aromatic N) is 4. The zero-order valence-corrected chi connectivity index (χ0v) is 33.4. The average molecular weight is 755 g/mol. The van der Waals surface area contributed by atoms with Crippen molar-refractivity contribution in [3.05, 3.63) is 41.0 Å². The lowest BCUT2D eigenvalue weighted by molar-refractivity contribution is -0.144. The van der Waals surface area contributed by atoms with Gasteiger partial charge in [0.05, 0.1) is 28.2 Å². The number of carbonyl (C=O) groups excluding carboxylic acids is 5. The molecule has 292 valence electrons. The monoisotopic (exact) mass is 754 g/mol. The number of nitrogens with one attached hydrogen (secondary N) is 2. The zero-order chi connectivity index (χ0) is 39.1. The highest BCUT2D eigenvalue weighted by Crippen LogP contribution is 2.30. The highest BCUT2D eigenvalue weighted by Gasteiger charge is 2.44. The molecule has 2 aromatic rings. The fourth-order valence-electron chi connectivity index (χ4n) is 6.61. The maximum absolute atomic E-state index is 14.0. The number of aryl methyl sites for hydroxylation is 1. The molecule has 4 atom stereocenters. The number of unbranched alkanes of at least 4 members (excludes halogenated alkanes) is 2. The molecule has 2 saturated heterocycles. The van der Waals surface area contributed by atoms with Crippen LogP contribution in [0.15, 0.2) is 29.8 Å². The highest BCUT2D eigenvalue weighted by molar-refractivity contribution is 7.13. The van der Waals surface area contributed by atoms with Gasteiger partial charge in [-0.05, 0) is 64.0 Å². The summed E-state index contributed by atoms with van der Waals surface area (Å²) in [7, 11) is 0. The van der Waals surface area contributed by atoms with E-state index in [0.717, 1.165) is 21.7 Å². The predicted octanol–water partition coefficient (Wildman–Crippen LogP) is 4.82. The molecule has 2 aliphatic heterocycles. The predicted molar refractivity (Wildman–Crippen MR) is 204 cm³/mol. The summed E-state index contributed by atoms with van der Waals surface area (Å²) >= 11 is 1.58. The molecule has 0 saturated carbocycles. The Labute approximate surface area is 317 Å². The SMILES string of the molecule is Cc1ncsc1-c1ccc(C(C)NC(=O)[C@@H]2C[C@@H](O)CN2C(=O)C(NC(=O)CCCCCC(=O)N2CCN(C(=O)OC(C)(C)C)CC2)C(C)(C)C)cc1. The third kappa shape index (κ3) is 11.7.